The summed E-state index contributed by atoms with van der Waals surface area (Å²) in [5, 5.41) is 11.0. The first-order chi connectivity index (χ1) is 13.0. The number of guanidine groups is 1. The second-order valence-electron chi connectivity index (χ2n) is 7.89. The molecule has 0 amide bonds. The molecule has 0 aromatic carbocycles. The standard InChI is InChI=1S/C18H30N6O2S.HI/c1-2-19-18(20-12-14-5-10-27(25,26)13-14)24-8-6-23(7-9-24)17-11-16(21-22-17)15-3-4-15;/h11,14-15H,2-10,12-13H2,1H3,(H,19,20)(H,21,22);1H. The number of rotatable bonds is 5. The molecule has 4 rings (SSSR count). The Morgan fingerprint density at radius 3 is 2.64 bits per heavy atom. The van der Waals surface area contributed by atoms with Gasteiger partial charge in [-0.3, -0.25) is 10.1 Å². The normalized spacial score (nSPS) is 24.9. The largest absolute Gasteiger partial charge is 0.357 e. The maximum Gasteiger partial charge on any atom is 0.194 e. The number of piperazine rings is 1. The third-order valence-electron chi connectivity index (χ3n) is 5.67. The molecule has 10 heteroatoms. The summed E-state index contributed by atoms with van der Waals surface area (Å²) >= 11 is 0. The predicted molar refractivity (Wildman–Crippen MR) is 123 cm³/mol. The molecule has 1 aromatic rings. The number of H-pyrrole nitrogens is 1. The molecular weight excluding hydrogens is 491 g/mol. The number of anilines is 1. The van der Waals surface area contributed by atoms with Gasteiger partial charge in [-0.15, -0.1) is 24.0 Å². The lowest BCUT2D eigenvalue weighted by molar-refractivity contribution is 0.370. The van der Waals surface area contributed by atoms with Gasteiger partial charge in [-0.2, -0.15) is 5.10 Å². The van der Waals surface area contributed by atoms with Crippen molar-refractivity contribution in [3.05, 3.63) is 11.8 Å². The fourth-order valence-electron chi connectivity index (χ4n) is 3.90. The highest BCUT2D eigenvalue weighted by Crippen LogP contribution is 2.39. The molecule has 0 bridgehead atoms. The summed E-state index contributed by atoms with van der Waals surface area (Å²) in [6.45, 7) is 7.07. The topological polar surface area (TPSA) is 93.7 Å². The number of nitrogens with one attached hydrogen (secondary N) is 2. The Kier molecular flexibility index (Phi) is 7.11. The van der Waals surface area contributed by atoms with Crippen LogP contribution in [0.2, 0.25) is 0 Å². The number of aliphatic imine (C=N–C) groups is 1. The van der Waals surface area contributed by atoms with Crippen LogP contribution in [0, 0.1) is 5.92 Å². The van der Waals surface area contributed by atoms with E-state index in [0.29, 0.717) is 18.2 Å². The Hall–Kier alpha value is -1.04. The van der Waals surface area contributed by atoms with E-state index in [1.165, 1.54) is 18.5 Å². The second-order valence-corrected chi connectivity index (χ2v) is 10.1. The Morgan fingerprint density at radius 1 is 1.29 bits per heavy atom. The molecule has 1 aromatic heterocycles. The fraction of sp³-hybridized carbons (Fsp3) is 0.778. The summed E-state index contributed by atoms with van der Waals surface area (Å²) in [5.74, 6) is 3.41. The predicted octanol–water partition coefficient (Wildman–Crippen LogP) is 1.43. The number of aromatic nitrogens is 2. The van der Waals surface area contributed by atoms with Gasteiger partial charge in [0.1, 0.15) is 0 Å². The first-order valence-corrected chi connectivity index (χ1v) is 11.9. The molecule has 2 aliphatic heterocycles. The molecule has 0 spiro atoms. The van der Waals surface area contributed by atoms with Gasteiger partial charge in [-0.05, 0) is 32.1 Å². The minimum Gasteiger partial charge on any atom is -0.357 e. The van der Waals surface area contributed by atoms with E-state index in [9.17, 15) is 8.42 Å². The number of hydrogen-bond donors (Lipinski definition) is 2. The Bertz CT molecular complexity index is 784. The third kappa shape index (κ3) is 5.31. The molecule has 28 heavy (non-hydrogen) atoms. The molecule has 1 atom stereocenters. The zero-order valence-corrected chi connectivity index (χ0v) is 19.6. The number of hydrogen-bond acceptors (Lipinski definition) is 5. The monoisotopic (exact) mass is 522 g/mol. The van der Waals surface area contributed by atoms with Gasteiger partial charge in [-0.25, -0.2) is 8.42 Å². The summed E-state index contributed by atoms with van der Waals surface area (Å²) in [7, 11) is -2.84. The third-order valence-corrected chi connectivity index (χ3v) is 7.50. The van der Waals surface area contributed by atoms with E-state index in [-0.39, 0.29) is 35.6 Å². The average Bonchev–Trinajstić information content (AvgIpc) is 3.28. The van der Waals surface area contributed by atoms with E-state index in [4.69, 9.17) is 4.99 Å². The molecule has 3 aliphatic rings. The van der Waals surface area contributed by atoms with Crippen molar-refractivity contribution >= 4 is 45.6 Å². The zero-order valence-electron chi connectivity index (χ0n) is 16.4. The lowest BCUT2D eigenvalue weighted by atomic mass is 10.1. The molecule has 8 nitrogen and oxygen atoms in total. The van der Waals surface area contributed by atoms with Crippen LogP contribution < -0.4 is 10.2 Å². The summed E-state index contributed by atoms with van der Waals surface area (Å²) in [5.41, 5.74) is 1.27. The van der Waals surface area contributed by atoms with Crippen molar-refractivity contribution in [3.63, 3.8) is 0 Å². The van der Waals surface area contributed by atoms with Crippen molar-refractivity contribution < 1.29 is 8.42 Å². The van der Waals surface area contributed by atoms with Crippen LogP contribution in [0.1, 0.15) is 37.8 Å². The van der Waals surface area contributed by atoms with Gasteiger partial charge in [-0.1, -0.05) is 0 Å². The molecule has 1 aliphatic carbocycles. The van der Waals surface area contributed by atoms with Crippen molar-refractivity contribution in [1.29, 1.82) is 0 Å². The molecule has 0 radical (unpaired) electrons. The lowest BCUT2D eigenvalue weighted by Crippen LogP contribution is -2.52. The van der Waals surface area contributed by atoms with Crippen molar-refractivity contribution in [2.75, 3.05) is 55.7 Å². The SMILES string of the molecule is CCNC(=NCC1CCS(=O)(=O)C1)N1CCN(c2cc(C3CC3)[nH]n2)CC1.I. The van der Waals surface area contributed by atoms with Crippen LogP contribution in [0.15, 0.2) is 11.1 Å². The van der Waals surface area contributed by atoms with E-state index in [1.807, 2.05) is 0 Å². The van der Waals surface area contributed by atoms with E-state index >= 15 is 0 Å². The minimum absolute atomic E-state index is 0. The van der Waals surface area contributed by atoms with E-state index in [1.54, 1.807) is 0 Å². The summed E-state index contributed by atoms with van der Waals surface area (Å²) < 4.78 is 23.3. The Labute approximate surface area is 184 Å². The van der Waals surface area contributed by atoms with E-state index in [2.05, 4.69) is 38.3 Å². The van der Waals surface area contributed by atoms with Gasteiger partial charge in [0.25, 0.3) is 0 Å². The van der Waals surface area contributed by atoms with Crippen LogP contribution in [-0.4, -0.2) is 80.2 Å². The molecular formula is C18H31IN6O2S. The highest BCUT2D eigenvalue weighted by atomic mass is 127. The first-order valence-electron chi connectivity index (χ1n) is 10.1. The smallest absolute Gasteiger partial charge is 0.194 e. The molecule has 1 unspecified atom stereocenters. The van der Waals surface area contributed by atoms with Crippen LogP contribution in [0.4, 0.5) is 5.82 Å². The van der Waals surface area contributed by atoms with Gasteiger partial charge >= 0.3 is 0 Å². The van der Waals surface area contributed by atoms with Crippen molar-refractivity contribution in [2.45, 2.75) is 32.1 Å². The quantitative estimate of drug-likeness (QED) is 0.345. The van der Waals surface area contributed by atoms with Crippen LogP contribution in [0.3, 0.4) is 0 Å². The van der Waals surface area contributed by atoms with Gasteiger partial charge in [0, 0.05) is 56.9 Å². The molecule has 2 N–H and O–H groups in total. The minimum atomic E-state index is -2.84. The van der Waals surface area contributed by atoms with Crippen LogP contribution in [0.5, 0.6) is 0 Å². The maximum atomic E-state index is 11.6. The number of halogens is 1. The summed E-state index contributed by atoms with van der Waals surface area (Å²) in [6.07, 6.45) is 3.29. The zero-order chi connectivity index (χ0) is 18.9. The van der Waals surface area contributed by atoms with Crippen LogP contribution in [-0.2, 0) is 9.84 Å². The first kappa shape index (κ1) is 21.7. The fourth-order valence-corrected chi connectivity index (χ4v) is 5.75. The highest BCUT2D eigenvalue weighted by molar-refractivity contribution is 14.0. The number of aromatic amines is 1. The molecule has 3 heterocycles. The van der Waals surface area contributed by atoms with Crippen molar-refractivity contribution in [2.24, 2.45) is 10.9 Å². The van der Waals surface area contributed by atoms with Crippen molar-refractivity contribution in [1.82, 2.24) is 20.4 Å². The van der Waals surface area contributed by atoms with Gasteiger partial charge in [0.05, 0.1) is 11.5 Å². The van der Waals surface area contributed by atoms with Gasteiger partial charge in [0.15, 0.2) is 21.6 Å². The molecule has 158 valence electrons. The molecule has 1 saturated carbocycles. The maximum absolute atomic E-state index is 11.6. The second kappa shape index (κ2) is 9.19. The van der Waals surface area contributed by atoms with E-state index in [0.717, 1.165) is 50.9 Å². The Balaban J connectivity index is 0.00000225. The van der Waals surface area contributed by atoms with Gasteiger partial charge < -0.3 is 15.1 Å². The molecule has 2 saturated heterocycles. The Morgan fingerprint density at radius 2 is 2.04 bits per heavy atom. The lowest BCUT2D eigenvalue weighted by Gasteiger charge is -2.36. The van der Waals surface area contributed by atoms with Crippen molar-refractivity contribution in [3.8, 4) is 0 Å². The summed E-state index contributed by atoms with van der Waals surface area (Å²) in [4.78, 5) is 9.35. The number of sulfone groups is 1. The van der Waals surface area contributed by atoms with Crippen LogP contribution >= 0.6 is 24.0 Å². The van der Waals surface area contributed by atoms with E-state index < -0.39 is 9.84 Å². The van der Waals surface area contributed by atoms with Gasteiger partial charge in [0.2, 0.25) is 0 Å². The average molecular weight is 522 g/mol. The van der Waals surface area contributed by atoms with Crippen LogP contribution in [0.25, 0.3) is 0 Å². The highest BCUT2D eigenvalue weighted by Gasteiger charge is 2.29. The number of nitrogens with zero attached hydrogens (tertiary/aromatic N) is 4. The summed E-state index contributed by atoms with van der Waals surface area (Å²) in [6, 6.07) is 2.20. The molecule has 3 fully saturated rings.